The van der Waals surface area contributed by atoms with E-state index in [1.54, 1.807) is 30.3 Å². The quantitative estimate of drug-likeness (QED) is 0.431. The number of ether oxygens (including phenoxy) is 1. The highest BCUT2D eigenvalue weighted by Crippen LogP contribution is 2.30. The van der Waals surface area contributed by atoms with Crippen molar-refractivity contribution in [2.24, 2.45) is 5.14 Å². The molecular formula is C20H23N3O4S2. The summed E-state index contributed by atoms with van der Waals surface area (Å²) in [7, 11) is -3.81. The third kappa shape index (κ3) is 4.63. The molecule has 2 aromatic carbocycles. The number of hydrogen-bond donors (Lipinski definition) is 1. The molecule has 2 N–H and O–H groups in total. The molecule has 0 unspecified atom stereocenters. The Morgan fingerprint density at radius 3 is 2.48 bits per heavy atom. The fourth-order valence-corrected chi connectivity index (χ4v) is 4.59. The molecule has 3 rings (SSSR count). The summed E-state index contributed by atoms with van der Waals surface area (Å²) >= 11 is 1.34. The highest BCUT2D eigenvalue weighted by molar-refractivity contribution is 8.00. The van der Waals surface area contributed by atoms with Gasteiger partial charge in [0.1, 0.15) is 5.75 Å². The monoisotopic (exact) mass is 433 g/mol. The summed E-state index contributed by atoms with van der Waals surface area (Å²) < 4.78 is 30.6. The van der Waals surface area contributed by atoms with E-state index in [0.717, 1.165) is 11.3 Å². The topological polar surface area (TPSA) is 104 Å². The van der Waals surface area contributed by atoms with E-state index in [0.29, 0.717) is 29.4 Å². The normalized spacial score (nSPS) is 12.8. The van der Waals surface area contributed by atoms with Crippen LogP contribution >= 0.6 is 11.8 Å². The lowest BCUT2D eigenvalue weighted by Gasteiger charge is -2.12. The molecule has 0 radical (unpaired) electrons. The van der Waals surface area contributed by atoms with Gasteiger partial charge in [-0.3, -0.25) is 4.79 Å². The predicted octanol–water partition coefficient (Wildman–Crippen LogP) is 3.47. The number of sulfonamides is 1. The van der Waals surface area contributed by atoms with Gasteiger partial charge in [-0.2, -0.15) is 0 Å². The number of imidazole rings is 1. The summed E-state index contributed by atoms with van der Waals surface area (Å²) in [5.41, 5.74) is 1.92. The van der Waals surface area contributed by atoms with Gasteiger partial charge in [0.05, 0.1) is 27.8 Å². The molecule has 0 amide bonds. The molecule has 154 valence electrons. The molecule has 0 bridgehead atoms. The first-order chi connectivity index (χ1) is 13.7. The van der Waals surface area contributed by atoms with Crippen LogP contribution in [0.25, 0.3) is 11.0 Å². The first-order valence-electron chi connectivity index (χ1n) is 9.21. The lowest BCUT2D eigenvalue weighted by atomic mass is 10.1. The van der Waals surface area contributed by atoms with E-state index in [2.05, 4.69) is 4.98 Å². The van der Waals surface area contributed by atoms with E-state index >= 15 is 0 Å². The Kier molecular flexibility index (Phi) is 6.30. The van der Waals surface area contributed by atoms with Crippen molar-refractivity contribution in [2.75, 3.05) is 6.61 Å². The fourth-order valence-electron chi connectivity index (χ4n) is 2.99. The van der Waals surface area contributed by atoms with Crippen LogP contribution < -0.4 is 9.88 Å². The van der Waals surface area contributed by atoms with Crippen molar-refractivity contribution in [1.29, 1.82) is 0 Å². The molecule has 1 aromatic heterocycles. The molecule has 9 heteroatoms. The van der Waals surface area contributed by atoms with E-state index in [1.807, 2.05) is 25.3 Å². The minimum atomic E-state index is -3.81. The van der Waals surface area contributed by atoms with E-state index in [1.165, 1.54) is 23.9 Å². The van der Waals surface area contributed by atoms with Crippen LogP contribution in [0.15, 0.2) is 52.5 Å². The van der Waals surface area contributed by atoms with Crippen LogP contribution in [0.3, 0.4) is 0 Å². The van der Waals surface area contributed by atoms with Crippen LogP contribution in [0.4, 0.5) is 0 Å². The number of benzene rings is 2. The SMILES string of the molecule is CCOc1ccc(C(=O)[C@@H](C)Sc2nc3cc(S(N)(=O)=O)ccc3n2CC)cc1. The molecular weight excluding hydrogens is 410 g/mol. The maximum Gasteiger partial charge on any atom is 0.238 e. The van der Waals surface area contributed by atoms with Crippen molar-refractivity contribution in [3.05, 3.63) is 48.0 Å². The Morgan fingerprint density at radius 1 is 1.21 bits per heavy atom. The van der Waals surface area contributed by atoms with E-state index in [4.69, 9.17) is 9.88 Å². The summed E-state index contributed by atoms with van der Waals surface area (Å²) in [5.74, 6) is 0.709. The van der Waals surface area contributed by atoms with Gasteiger partial charge in [0.25, 0.3) is 0 Å². The number of nitrogens with zero attached hydrogens (tertiary/aromatic N) is 2. The number of rotatable bonds is 8. The number of primary sulfonamides is 1. The smallest absolute Gasteiger partial charge is 0.238 e. The van der Waals surface area contributed by atoms with E-state index in [9.17, 15) is 13.2 Å². The first kappa shape index (κ1) is 21.4. The zero-order chi connectivity index (χ0) is 21.2. The van der Waals surface area contributed by atoms with Gasteiger partial charge in [-0.1, -0.05) is 11.8 Å². The number of aromatic nitrogens is 2. The maximum absolute atomic E-state index is 12.8. The third-order valence-electron chi connectivity index (χ3n) is 4.43. The average molecular weight is 434 g/mol. The lowest BCUT2D eigenvalue weighted by Crippen LogP contribution is -2.14. The van der Waals surface area contributed by atoms with Crippen molar-refractivity contribution in [3.63, 3.8) is 0 Å². The number of fused-ring (bicyclic) bond motifs is 1. The molecule has 7 nitrogen and oxygen atoms in total. The molecule has 1 heterocycles. The van der Waals surface area contributed by atoms with Gasteiger partial charge in [-0.25, -0.2) is 18.5 Å². The highest BCUT2D eigenvalue weighted by atomic mass is 32.2. The molecule has 1 atom stereocenters. The number of thioether (sulfide) groups is 1. The highest BCUT2D eigenvalue weighted by Gasteiger charge is 2.21. The Balaban J connectivity index is 1.87. The van der Waals surface area contributed by atoms with Gasteiger partial charge >= 0.3 is 0 Å². The number of Topliss-reactive ketones (excluding diaryl/α,β-unsaturated/α-hetero) is 1. The molecule has 0 spiro atoms. The van der Waals surface area contributed by atoms with E-state index in [-0.39, 0.29) is 15.9 Å². The summed E-state index contributed by atoms with van der Waals surface area (Å²) in [4.78, 5) is 17.4. The molecule has 0 saturated heterocycles. The van der Waals surface area contributed by atoms with E-state index < -0.39 is 10.0 Å². The minimum absolute atomic E-state index is 0.0146. The van der Waals surface area contributed by atoms with Crippen molar-refractivity contribution >= 4 is 38.6 Å². The van der Waals surface area contributed by atoms with Crippen LogP contribution in [-0.4, -0.2) is 35.6 Å². The lowest BCUT2D eigenvalue weighted by molar-refractivity contribution is 0.0994. The van der Waals surface area contributed by atoms with Crippen LogP contribution in [0, 0.1) is 0 Å². The summed E-state index contributed by atoms with van der Waals surface area (Å²) in [6.07, 6.45) is 0. The van der Waals surface area contributed by atoms with Gasteiger partial charge in [-0.05, 0) is 63.2 Å². The number of hydrogen-bond acceptors (Lipinski definition) is 6. The largest absolute Gasteiger partial charge is 0.494 e. The number of carbonyl (C=O) groups excluding carboxylic acids is 1. The minimum Gasteiger partial charge on any atom is -0.494 e. The second kappa shape index (κ2) is 8.56. The van der Waals surface area contributed by atoms with Crippen LogP contribution in [-0.2, 0) is 16.6 Å². The zero-order valence-corrected chi connectivity index (χ0v) is 18.1. The molecule has 3 aromatic rings. The zero-order valence-electron chi connectivity index (χ0n) is 16.5. The van der Waals surface area contributed by atoms with Crippen molar-refractivity contribution < 1.29 is 17.9 Å². The Hall–Kier alpha value is -2.36. The maximum atomic E-state index is 12.8. The standard InChI is InChI=1S/C20H23N3O4S2/c1-4-23-18-11-10-16(29(21,25)26)12-17(18)22-20(23)28-13(3)19(24)14-6-8-15(9-7-14)27-5-2/h6-13H,4-5H2,1-3H3,(H2,21,25,26)/t13-/m1/s1. The molecule has 0 aliphatic rings. The van der Waals surface area contributed by atoms with Gasteiger partial charge in [0.15, 0.2) is 10.9 Å². The van der Waals surface area contributed by atoms with Crippen LogP contribution in [0.5, 0.6) is 5.75 Å². The molecule has 0 saturated carbocycles. The van der Waals surface area contributed by atoms with Crippen LogP contribution in [0.1, 0.15) is 31.1 Å². The van der Waals surface area contributed by atoms with Gasteiger partial charge in [0.2, 0.25) is 10.0 Å². The Morgan fingerprint density at radius 2 is 1.90 bits per heavy atom. The van der Waals surface area contributed by atoms with Crippen LogP contribution in [0.2, 0.25) is 0 Å². The number of ketones is 1. The molecule has 0 aliphatic heterocycles. The summed E-state index contributed by atoms with van der Waals surface area (Å²) in [6.45, 7) is 6.91. The van der Waals surface area contributed by atoms with Crippen molar-refractivity contribution in [2.45, 2.75) is 42.6 Å². The molecule has 0 fully saturated rings. The third-order valence-corrected chi connectivity index (χ3v) is 6.43. The second-order valence-corrected chi connectivity index (χ2v) is 9.29. The predicted molar refractivity (Wildman–Crippen MR) is 114 cm³/mol. The Labute approximate surface area is 174 Å². The van der Waals surface area contributed by atoms with Crippen molar-refractivity contribution in [1.82, 2.24) is 9.55 Å². The van der Waals surface area contributed by atoms with Gasteiger partial charge < -0.3 is 9.30 Å². The van der Waals surface area contributed by atoms with Gasteiger partial charge in [0, 0.05) is 12.1 Å². The number of aryl methyl sites for hydroxylation is 1. The Bertz CT molecular complexity index is 1140. The molecule has 29 heavy (non-hydrogen) atoms. The van der Waals surface area contributed by atoms with Crippen molar-refractivity contribution in [3.8, 4) is 5.75 Å². The first-order valence-corrected chi connectivity index (χ1v) is 11.6. The summed E-state index contributed by atoms with van der Waals surface area (Å²) in [6, 6.07) is 11.7. The number of nitrogens with two attached hydrogens (primary N) is 1. The number of carbonyl (C=O) groups is 1. The molecule has 0 aliphatic carbocycles. The summed E-state index contributed by atoms with van der Waals surface area (Å²) in [5, 5.41) is 5.50. The second-order valence-electron chi connectivity index (χ2n) is 6.42. The average Bonchev–Trinajstić information content (AvgIpc) is 3.03. The fraction of sp³-hybridized carbons (Fsp3) is 0.300. The van der Waals surface area contributed by atoms with Gasteiger partial charge in [-0.15, -0.1) is 0 Å².